The summed E-state index contributed by atoms with van der Waals surface area (Å²) in [6, 6.07) is 18.0. The first-order valence-corrected chi connectivity index (χ1v) is 8.85. The smallest absolute Gasteiger partial charge is 0.220 e. The first kappa shape index (κ1) is 17.1. The maximum atomic E-state index is 13.3. The van der Waals surface area contributed by atoms with E-state index in [1.54, 1.807) is 24.5 Å². The number of hydrogen-bond acceptors (Lipinski definition) is 2. The van der Waals surface area contributed by atoms with Crippen LogP contribution in [0.5, 0.6) is 0 Å². The predicted molar refractivity (Wildman–Crippen MR) is 103 cm³/mol. The number of aryl methyl sites for hydroxylation is 1. The molecule has 4 rings (SSSR count). The number of fused-ring (bicyclic) bond motifs is 1. The molecule has 0 saturated heterocycles. The summed E-state index contributed by atoms with van der Waals surface area (Å²) in [7, 11) is 0. The van der Waals surface area contributed by atoms with E-state index in [0.29, 0.717) is 19.4 Å². The molecular formula is C22H19FN2O2. The Bertz CT molecular complexity index is 1050. The molecule has 0 aliphatic rings. The number of hydrogen-bond donors (Lipinski definition) is 2. The van der Waals surface area contributed by atoms with Crippen LogP contribution < -0.4 is 5.32 Å². The summed E-state index contributed by atoms with van der Waals surface area (Å²) in [4.78, 5) is 15.7. The van der Waals surface area contributed by atoms with Crippen molar-refractivity contribution < 1.29 is 13.6 Å². The van der Waals surface area contributed by atoms with Crippen LogP contribution in [0.2, 0.25) is 0 Å². The van der Waals surface area contributed by atoms with E-state index >= 15 is 0 Å². The Labute approximate surface area is 156 Å². The monoisotopic (exact) mass is 362 g/mol. The van der Waals surface area contributed by atoms with Gasteiger partial charge in [0.05, 0.1) is 12.8 Å². The lowest BCUT2D eigenvalue weighted by molar-refractivity contribution is -0.121. The van der Waals surface area contributed by atoms with Gasteiger partial charge in [0.2, 0.25) is 5.91 Å². The number of halogens is 1. The second-order valence-corrected chi connectivity index (χ2v) is 6.39. The molecule has 2 aromatic carbocycles. The van der Waals surface area contributed by atoms with Gasteiger partial charge in [-0.2, -0.15) is 0 Å². The van der Waals surface area contributed by atoms with Crippen LogP contribution in [0, 0.1) is 5.82 Å². The second kappa shape index (κ2) is 7.50. The minimum Gasteiger partial charge on any atom is -0.467 e. The molecule has 1 amide bonds. The normalized spacial score (nSPS) is 11.0. The van der Waals surface area contributed by atoms with Gasteiger partial charge in [-0.25, -0.2) is 4.39 Å². The molecule has 0 atom stereocenters. The molecule has 27 heavy (non-hydrogen) atoms. The molecule has 0 fully saturated rings. The third-order valence-electron chi connectivity index (χ3n) is 4.59. The predicted octanol–water partition coefficient (Wildman–Crippen LogP) is 4.82. The standard InChI is InChI=1S/C22H19FN2O2/c23-16-9-7-15(8-10-16)22-19(18-5-1-2-6-20(18)25-22)11-12-21(26)24-14-17-4-3-13-27-17/h1-10,13,25H,11-12,14H2,(H,24,26). The highest BCUT2D eigenvalue weighted by atomic mass is 19.1. The molecule has 0 unspecified atom stereocenters. The van der Waals surface area contributed by atoms with Gasteiger partial charge in [0.25, 0.3) is 0 Å². The van der Waals surface area contributed by atoms with Crippen LogP contribution in [0.15, 0.2) is 71.3 Å². The maximum Gasteiger partial charge on any atom is 0.220 e. The fraction of sp³-hybridized carbons (Fsp3) is 0.136. The van der Waals surface area contributed by atoms with Crippen molar-refractivity contribution in [2.24, 2.45) is 0 Å². The van der Waals surface area contributed by atoms with E-state index in [1.807, 2.05) is 30.3 Å². The zero-order valence-corrected chi connectivity index (χ0v) is 14.7. The van der Waals surface area contributed by atoms with Crippen LogP contribution in [0.1, 0.15) is 17.7 Å². The van der Waals surface area contributed by atoms with Crippen molar-refractivity contribution in [3.05, 3.63) is 84.1 Å². The lowest BCUT2D eigenvalue weighted by atomic mass is 10.0. The molecule has 0 bridgehead atoms. The van der Waals surface area contributed by atoms with Gasteiger partial charge in [-0.1, -0.05) is 18.2 Å². The van der Waals surface area contributed by atoms with E-state index in [2.05, 4.69) is 10.3 Å². The van der Waals surface area contributed by atoms with Crippen LogP contribution in [-0.2, 0) is 17.8 Å². The average Bonchev–Trinajstić information content (AvgIpc) is 3.33. The molecular weight excluding hydrogens is 343 g/mol. The molecule has 2 aromatic heterocycles. The Hall–Kier alpha value is -3.34. The third-order valence-corrected chi connectivity index (χ3v) is 4.59. The van der Waals surface area contributed by atoms with Crippen molar-refractivity contribution in [1.29, 1.82) is 0 Å². The highest BCUT2D eigenvalue weighted by Gasteiger charge is 2.14. The van der Waals surface area contributed by atoms with E-state index in [-0.39, 0.29) is 11.7 Å². The first-order chi connectivity index (χ1) is 13.2. The van der Waals surface area contributed by atoms with E-state index in [1.165, 1.54) is 12.1 Å². The van der Waals surface area contributed by atoms with Crippen LogP contribution in [-0.4, -0.2) is 10.9 Å². The van der Waals surface area contributed by atoms with Crippen LogP contribution in [0.3, 0.4) is 0 Å². The number of amides is 1. The van der Waals surface area contributed by atoms with E-state index in [4.69, 9.17) is 4.42 Å². The van der Waals surface area contributed by atoms with Crippen molar-refractivity contribution in [2.45, 2.75) is 19.4 Å². The highest BCUT2D eigenvalue weighted by Crippen LogP contribution is 2.31. The molecule has 0 aliphatic heterocycles. The summed E-state index contributed by atoms with van der Waals surface area (Å²) < 4.78 is 18.5. The maximum absolute atomic E-state index is 13.3. The minimum atomic E-state index is -0.270. The molecule has 0 spiro atoms. The summed E-state index contributed by atoms with van der Waals surface area (Å²) in [6.07, 6.45) is 2.53. The number of aromatic amines is 1. The van der Waals surface area contributed by atoms with Crippen molar-refractivity contribution >= 4 is 16.8 Å². The Morgan fingerprint density at radius 2 is 1.85 bits per heavy atom. The van der Waals surface area contributed by atoms with Gasteiger partial charge in [0.1, 0.15) is 11.6 Å². The molecule has 4 nitrogen and oxygen atoms in total. The zero-order chi connectivity index (χ0) is 18.6. The SMILES string of the molecule is O=C(CCc1c(-c2ccc(F)cc2)[nH]c2ccccc12)NCc1ccco1. The number of carbonyl (C=O) groups excluding carboxylic acids is 1. The number of rotatable bonds is 6. The topological polar surface area (TPSA) is 58.0 Å². The number of aromatic nitrogens is 1. The molecule has 136 valence electrons. The minimum absolute atomic E-state index is 0.0401. The van der Waals surface area contributed by atoms with Gasteiger partial charge in [0, 0.05) is 23.0 Å². The van der Waals surface area contributed by atoms with E-state index in [0.717, 1.165) is 33.5 Å². The number of nitrogens with one attached hydrogen (secondary N) is 2. The summed E-state index contributed by atoms with van der Waals surface area (Å²) >= 11 is 0. The van der Waals surface area contributed by atoms with Crippen LogP contribution >= 0.6 is 0 Å². The summed E-state index contributed by atoms with van der Waals surface area (Å²) in [5, 5.41) is 3.95. The van der Waals surface area contributed by atoms with Crippen LogP contribution in [0.4, 0.5) is 4.39 Å². The Morgan fingerprint density at radius 1 is 1.04 bits per heavy atom. The van der Waals surface area contributed by atoms with Gasteiger partial charge in [0.15, 0.2) is 0 Å². The van der Waals surface area contributed by atoms with Crippen molar-refractivity contribution in [1.82, 2.24) is 10.3 Å². The van der Waals surface area contributed by atoms with E-state index in [9.17, 15) is 9.18 Å². The lowest BCUT2D eigenvalue weighted by Crippen LogP contribution is -2.22. The Balaban J connectivity index is 1.55. The Kier molecular flexibility index (Phi) is 4.75. The average molecular weight is 362 g/mol. The fourth-order valence-electron chi connectivity index (χ4n) is 3.25. The number of H-pyrrole nitrogens is 1. The zero-order valence-electron chi connectivity index (χ0n) is 14.7. The van der Waals surface area contributed by atoms with Gasteiger partial charge in [-0.05, 0) is 60.0 Å². The molecule has 0 radical (unpaired) electrons. The van der Waals surface area contributed by atoms with Crippen LogP contribution in [0.25, 0.3) is 22.2 Å². The molecule has 4 aromatic rings. The summed E-state index contributed by atoms with van der Waals surface area (Å²) in [5.41, 5.74) is 3.89. The number of furan rings is 1. The van der Waals surface area contributed by atoms with Gasteiger partial charge >= 0.3 is 0 Å². The summed E-state index contributed by atoms with van der Waals surface area (Å²) in [5.74, 6) is 0.415. The molecule has 0 saturated carbocycles. The molecule has 2 heterocycles. The van der Waals surface area contributed by atoms with Crippen molar-refractivity contribution in [2.75, 3.05) is 0 Å². The lowest BCUT2D eigenvalue weighted by Gasteiger charge is -2.07. The first-order valence-electron chi connectivity index (χ1n) is 8.85. The molecule has 5 heteroatoms. The van der Waals surface area contributed by atoms with Crippen molar-refractivity contribution in [3.8, 4) is 11.3 Å². The Morgan fingerprint density at radius 3 is 2.63 bits per heavy atom. The summed E-state index contributed by atoms with van der Waals surface area (Å²) in [6.45, 7) is 0.380. The number of benzene rings is 2. The second-order valence-electron chi connectivity index (χ2n) is 6.39. The van der Waals surface area contributed by atoms with Crippen molar-refractivity contribution in [3.63, 3.8) is 0 Å². The largest absolute Gasteiger partial charge is 0.467 e. The number of para-hydroxylation sites is 1. The highest BCUT2D eigenvalue weighted by molar-refractivity contribution is 5.91. The fourth-order valence-corrected chi connectivity index (χ4v) is 3.25. The quantitative estimate of drug-likeness (QED) is 0.517. The molecule has 2 N–H and O–H groups in total. The third kappa shape index (κ3) is 3.77. The van der Waals surface area contributed by atoms with Gasteiger partial charge in [-0.15, -0.1) is 0 Å². The van der Waals surface area contributed by atoms with Gasteiger partial charge < -0.3 is 14.7 Å². The number of carbonyl (C=O) groups is 1. The van der Waals surface area contributed by atoms with E-state index < -0.39 is 0 Å². The van der Waals surface area contributed by atoms with Gasteiger partial charge in [-0.3, -0.25) is 4.79 Å². The molecule has 0 aliphatic carbocycles.